The molecule has 4 aliphatic heterocycles. The van der Waals surface area contributed by atoms with Gasteiger partial charge in [-0.1, -0.05) is 46.3 Å². The Morgan fingerprint density at radius 3 is 1.94 bits per heavy atom. The molecule has 0 amide bonds. The topological polar surface area (TPSA) is 475 Å². The first-order valence-electron chi connectivity index (χ1n) is 35.8. The number of hydrogen-bond donors (Lipinski definition) is 15. The van der Waals surface area contributed by atoms with Crippen LogP contribution in [0.15, 0.2) is 29.9 Å². The number of carboxylic acid groups (broad SMARTS) is 1. The Morgan fingerprint density at radius 1 is 0.650 bits per heavy atom. The number of carbonyl (C=O) groups excluding carboxylic acids is 2. The molecule has 5 saturated carbocycles. The lowest BCUT2D eigenvalue weighted by Crippen LogP contribution is -2.71. The van der Waals surface area contributed by atoms with E-state index < -0.39 is 230 Å². The van der Waals surface area contributed by atoms with E-state index >= 15 is 4.79 Å². The van der Waals surface area contributed by atoms with E-state index in [9.17, 15) is 86.2 Å². The molecular weight excluding hydrogens is 1360 g/mol. The minimum absolute atomic E-state index is 0.0108. The summed E-state index contributed by atoms with van der Waals surface area (Å²) < 4.78 is 78.1. The molecule has 4 heterocycles. The Labute approximate surface area is 597 Å². The average molecular weight is 1470 g/mol. The predicted molar refractivity (Wildman–Crippen MR) is 352 cm³/mol. The number of carbonyl (C=O) groups is 3. The number of fused-ring (bicyclic) bond motifs is 7. The van der Waals surface area contributed by atoms with Crippen molar-refractivity contribution in [1.82, 2.24) is 0 Å². The molecule has 4 saturated heterocycles. The number of hydrogen-bond acceptors (Lipinski definition) is 30. The highest BCUT2D eigenvalue weighted by atomic mass is 16.8. The highest BCUT2D eigenvalue weighted by Crippen LogP contribution is 2.76. The third-order valence-corrected chi connectivity index (χ3v) is 25.9. The number of methoxy groups -OCH3 is 3. The Morgan fingerprint density at radius 2 is 1.31 bits per heavy atom. The van der Waals surface area contributed by atoms with Crippen LogP contribution in [0.3, 0.4) is 0 Å². The van der Waals surface area contributed by atoms with E-state index in [0.717, 1.165) is 11.6 Å². The van der Waals surface area contributed by atoms with Crippen LogP contribution in [-0.2, 0) is 61.8 Å². The maximum Gasteiger partial charge on any atom is 0.331 e. The third-order valence-electron chi connectivity index (χ3n) is 25.9. The summed E-state index contributed by atoms with van der Waals surface area (Å²) in [5.41, 5.74) is -7.16. The van der Waals surface area contributed by atoms with Crippen LogP contribution in [0.25, 0.3) is 6.08 Å². The second-order valence-corrected chi connectivity index (χ2v) is 32.2. The number of aliphatic carboxylic acids is 1. The maximum absolute atomic E-state index is 16.2. The van der Waals surface area contributed by atoms with Gasteiger partial charge < -0.3 is 138 Å². The summed E-state index contributed by atoms with van der Waals surface area (Å²) in [4.78, 5) is 44.2. The van der Waals surface area contributed by atoms with Crippen molar-refractivity contribution in [3.8, 4) is 17.2 Å². The molecule has 0 bridgehead atoms. The molecule has 11 rings (SSSR count). The van der Waals surface area contributed by atoms with Gasteiger partial charge in [0.25, 0.3) is 0 Å². The second kappa shape index (κ2) is 30.2. The molecule has 103 heavy (non-hydrogen) atoms. The highest BCUT2D eigenvalue weighted by Gasteiger charge is 2.74. The van der Waals surface area contributed by atoms with Crippen LogP contribution < -0.4 is 14.2 Å². The van der Waals surface area contributed by atoms with Crippen LogP contribution in [0.1, 0.15) is 118 Å². The van der Waals surface area contributed by atoms with Crippen molar-refractivity contribution in [2.75, 3.05) is 61.0 Å². The molecule has 15 N–H and O–H groups in total. The predicted octanol–water partition coefficient (Wildman–Crippen LogP) is -0.872. The lowest BCUT2D eigenvalue weighted by Gasteiger charge is -2.71. The van der Waals surface area contributed by atoms with Gasteiger partial charge in [-0.05, 0) is 142 Å². The fraction of sp³-hybridized carbons (Fsp3) is 0.819. The van der Waals surface area contributed by atoms with Crippen LogP contribution in [0.4, 0.5) is 0 Å². The summed E-state index contributed by atoms with van der Waals surface area (Å²) >= 11 is 0. The summed E-state index contributed by atoms with van der Waals surface area (Å²) in [6, 6.07) is 3.19. The fourth-order valence-corrected chi connectivity index (χ4v) is 19.9. The lowest BCUT2D eigenvalue weighted by molar-refractivity contribution is -0.351. The van der Waals surface area contributed by atoms with Gasteiger partial charge in [-0.2, -0.15) is 0 Å². The van der Waals surface area contributed by atoms with Gasteiger partial charge in [0, 0.05) is 11.5 Å². The van der Waals surface area contributed by atoms with Crippen molar-refractivity contribution in [2.45, 2.75) is 253 Å². The highest BCUT2D eigenvalue weighted by molar-refractivity contribution is 5.87. The number of aliphatic hydroxyl groups is 14. The van der Waals surface area contributed by atoms with Crippen molar-refractivity contribution in [3.63, 3.8) is 0 Å². The van der Waals surface area contributed by atoms with Crippen molar-refractivity contribution >= 4 is 24.0 Å². The molecule has 0 radical (unpaired) electrons. The van der Waals surface area contributed by atoms with E-state index in [2.05, 4.69) is 26.8 Å². The zero-order valence-electron chi connectivity index (χ0n) is 60.0. The average Bonchev–Trinajstić information content (AvgIpc) is 0.867. The molecule has 1 aromatic rings. The molecule has 31 nitrogen and oxygen atoms in total. The summed E-state index contributed by atoms with van der Waals surface area (Å²) in [6.07, 6.45) is -28.1. The van der Waals surface area contributed by atoms with E-state index in [4.69, 9.17) is 61.6 Å². The normalized spacial score (nSPS) is 47.4. The fourth-order valence-electron chi connectivity index (χ4n) is 19.9. The molecule has 32 unspecified atom stereocenters. The molecule has 0 spiro atoms. The summed E-state index contributed by atoms with van der Waals surface area (Å²) in [5, 5.41) is 168. The van der Waals surface area contributed by atoms with Crippen molar-refractivity contribution < 1.29 is 153 Å². The zero-order chi connectivity index (χ0) is 75.2. The largest absolute Gasteiger partial charge is 0.493 e. The van der Waals surface area contributed by atoms with Crippen molar-refractivity contribution in [2.24, 2.45) is 56.2 Å². The Kier molecular flexibility index (Phi) is 23.4. The number of rotatable bonds is 21. The third kappa shape index (κ3) is 13.8. The van der Waals surface area contributed by atoms with Gasteiger partial charge in [0.2, 0.25) is 5.75 Å². The lowest BCUT2D eigenvalue weighted by atomic mass is 9.33. The van der Waals surface area contributed by atoms with Crippen LogP contribution in [0, 0.1) is 56.2 Å². The number of benzene rings is 1. The molecule has 31 heteroatoms. The minimum Gasteiger partial charge on any atom is -0.493 e. The number of ether oxygens (including phenoxy) is 13. The van der Waals surface area contributed by atoms with Gasteiger partial charge in [-0.3, -0.25) is 9.59 Å². The first-order chi connectivity index (χ1) is 48.5. The molecule has 582 valence electrons. The van der Waals surface area contributed by atoms with Crippen LogP contribution >= 0.6 is 0 Å². The van der Waals surface area contributed by atoms with E-state index in [-0.39, 0.29) is 56.7 Å². The number of esters is 2. The van der Waals surface area contributed by atoms with Gasteiger partial charge >= 0.3 is 17.9 Å². The minimum atomic E-state index is -2.21. The number of allylic oxidation sites excluding steroid dienone is 1. The van der Waals surface area contributed by atoms with E-state index in [0.29, 0.717) is 54.9 Å². The summed E-state index contributed by atoms with van der Waals surface area (Å²) in [5.74, 6) is -4.37. The SMILES string of the molecule is COc1cc(C=CC(=O)OC2C(C)CC(OC(=O)C34CCC(C)(C)CC3C3=CCC5C6(C)CC(O)C(OC7OC(CO)C(O)C(O)C7O)C(C)(C(=O)O)C6CCC5(C)C3(CO)CC4)C(OC3OC(C)C(OCC4OCC(O)C(O)C4O)C(OC4OCC(O)(CO)C4O)C3O)C2O)cc(OC)c1OC. The van der Waals surface area contributed by atoms with Crippen LogP contribution in [-0.4, -0.2) is 296 Å². The molecule has 0 aromatic heterocycles. The first kappa shape index (κ1) is 79.7. The molecule has 9 fully saturated rings. The monoisotopic (exact) mass is 1470 g/mol. The Bertz CT molecular complexity index is 3220. The first-order valence-corrected chi connectivity index (χ1v) is 35.8. The molecule has 32 atom stereocenters. The second-order valence-electron chi connectivity index (χ2n) is 32.2. The van der Waals surface area contributed by atoms with Gasteiger partial charge in [0.05, 0.1) is 84.0 Å². The zero-order valence-corrected chi connectivity index (χ0v) is 60.0. The van der Waals surface area contributed by atoms with Crippen LogP contribution in [0.2, 0.25) is 0 Å². The quantitative estimate of drug-likeness (QED) is 0.0308. The standard InChI is InChI=1S/C72H108O31/c1-32-21-41(99-65(89)70-18-17-66(3,4)24-36(70)35-12-13-44-67(5)25-37(76)60(103-61-51(83)50(82)48(80)42(26-73)98-61)69(7,64(87)88)45(67)15-16-68(44,6)71(35,29-74)20-19-70)57(52(84)54(32)100-46(78)14-11-34-22-39(91-8)56(93-10)40(23-34)92-9)101-62-53(85)58(102-63-59(86)72(90,30-75)31-96-63)55(33(2)97-62)95-28-43-49(81)47(79)38(77)27-94-43/h11-12,14,22-23,32-33,36-38,41-45,47-55,57-63,73-77,79-86,90H,13,15-21,24-31H2,1-10H3,(H,87,88). The van der Waals surface area contributed by atoms with Gasteiger partial charge in [-0.25, -0.2) is 4.79 Å². The number of carboxylic acids is 1. The van der Waals surface area contributed by atoms with E-state index in [1.165, 1.54) is 41.3 Å². The van der Waals surface area contributed by atoms with E-state index in [1.807, 2.05) is 6.92 Å². The molecule has 1 aromatic carbocycles. The van der Waals surface area contributed by atoms with Crippen molar-refractivity contribution in [1.29, 1.82) is 0 Å². The molecular formula is C72H108O31. The Balaban J connectivity index is 0.908. The summed E-state index contributed by atoms with van der Waals surface area (Å²) in [7, 11) is 4.30. The van der Waals surface area contributed by atoms with Gasteiger partial charge in [0.1, 0.15) is 109 Å². The van der Waals surface area contributed by atoms with Gasteiger partial charge in [-0.15, -0.1) is 0 Å². The van der Waals surface area contributed by atoms with Crippen LogP contribution in [0.5, 0.6) is 17.2 Å². The smallest absolute Gasteiger partial charge is 0.331 e. The van der Waals surface area contributed by atoms with Crippen molar-refractivity contribution in [3.05, 3.63) is 35.4 Å². The maximum atomic E-state index is 16.2. The van der Waals surface area contributed by atoms with E-state index in [1.54, 1.807) is 19.1 Å². The molecule has 6 aliphatic carbocycles. The summed E-state index contributed by atoms with van der Waals surface area (Å²) in [6.45, 7) is 9.43. The molecule has 10 aliphatic rings. The number of aliphatic hydroxyl groups excluding tert-OH is 13. The Hall–Kier alpha value is -4.37. The van der Waals surface area contributed by atoms with Gasteiger partial charge in [0.15, 0.2) is 30.4 Å².